The van der Waals surface area contributed by atoms with Crippen LogP contribution in [0.4, 0.5) is 8.78 Å². The number of benzene rings is 1. The molecule has 2 atom stereocenters. The Bertz CT molecular complexity index is 582. The van der Waals surface area contributed by atoms with Crippen LogP contribution in [0.15, 0.2) is 18.2 Å². The third-order valence-corrected chi connectivity index (χ3v) is 3.41. The summed E-state index contributed by atoms with van der Waals surface area (Å²) in [5.41, 5.74) is 0.883. The van der Waals surface area contributed by atoms with Gasteiger partial charge in [0.1, 0.15) is 6.10 Å². The number of epoxide rings is 1. The fraction of sp³-hybridized carbons (Fsp3) is 0.471. The van der Waals surface area contributed by atoms with Crippen molar-refractivity contribution in [3.63, 3.8) is 0 Å². The fourth-order valence-electron chi connectivity index (χ4n) is 2.16. The second-order valence-electron chi connectivity index (χ2n) is 5.17. The molecule has 0 N–H and O–H groups in total. The zero-order chi connectivity index (χ0) is 16.8. The van der Waals surface area contributed by atoms with E-state index in [9.17, 15) is 13.6 Å². The number of hydrogen-bond acceptors (Lipinski definition) is 4. The lowest BCUT2D eigenvalue weighted by Gasteiger charge is -2.19. The Morgan fingerprint density at radius 3 is 2.70 bits per heavy atom. The molecular formula is C17H20F2O4. The van der Waals surface area contributed by atoms with Gasteiger partial charge in [0.05, 0.1) is 25.9 Å². The topological polar surface area (TPSA) is 48.1 Å². The summed E-state index contributed by atoms with van der Waals surface area (Å²) < 4.78 is 42.8. The molecule has 0 saturated carbocycles. The maximum atomic E-state index is 13.6. The smallest absolute Gasteiger partial charge is 0.330 e. The fourth-order valence-corrected chi connectivity index (χ4v) is 2.16. The van der Waals surface area contributed by atoms with Gasteiger partial charge in [0.25, 0.3) is 0 Å². The minimum absolute atomic E-state index is 0.0767. The molecule has 0 spiro atoms. The lowest BCUT2D eigenvalue weighted by atomic mass is 9.99. The van der Waals surface area contributed by atoms with Crippen LogP contribution in [0.3, 0.4) is 0 Å². The number of rotatable bonds is 8. The molecule has 1 heterocycles. The van der Waals surface area contributed by atoms with Crippen molar-refractivity contribution in [2.24, 2.45) is 0 Å². The van der Waals surface area contributed by atoms with Gasteiger partial charge in [-0.15, -0.1) is 0 Å². The Kier molecular flexibility index (Phi) is 6.24. The molecule has 0 aliphatic carbocycles. The molecule has 1 aliphatic heterocycles. The third-order valence-electron chi connectivity index (χ3n) is 3.41. The molecule has 4 nitrogen and oxygen atoms in total. The van der Waals surface area contributed by atoms with E-state index in [2.05, 4.69) is 0 Å². The number of hydrogen-bond donors (Lipinski definition) is 0. The van der Waals surface area contributed by atoms with Crippen molar-refractivity contribution in [2.45, 2.75) is 32.5 Å². The molecular weight excluding hydrogens is 306 g/mol. The van der Waals surface area contributed by atoms with Crippen molar-refractivity contribution < 1.29 is 27.8 Å². The van der Waals surface area contributed by atoms with Crippen LogP contribution in [-0.2, 0) is 19.0 Å². The first-order valence-corrected chi connectivity index (χ1v) is 7.62. The van der Waals surface area contributed by atoms with E-state index in [-0.39, 0.29) is 12.7 Å². The highest BCUT2D eigenvalue weighted by molar-refractivity contribution is 5.87. The number of carbonyl (C=O) groups is 1. The van der Waals surface area contributed by atoms with Crippen molar-refractivity contribution in [1.29, 1.82) is 0 Å². The first-order chi connectivity index (χ1) is 11.0. The molecule has 23 heavy (non-hydrogen) atoms. The van der Waals surface area contributed by atoms with Crippen LogP contribution >= 0.6 is 0 Å². The van der Waals surface area contributed by atoms with E-state index in [1.807, 2.05) is 6.92 Å². The normalized spacial score (nSPS) is 18.2. The Balaban J connectivity index is 2.23. The second kappa shape index (κ2) is 8.17. The van der Waals surface area contributed by atoms with E-state index in [1.165, 1.54) is 12.2 Å². The predicted molar refractivity (Wildman–Crippen MR) is 80.7 cm³/mol. The zero-order valence-corrected chi connectivity index (χ0v) is 13.2. The molecule has 0 unspecified atom stereocenters. The maximum absolute atomic E-state index is 13.6. The van der Waals surface area contributed by atoms with Gasteiger partial charge in [0, 0.05) is 6.08 Å². The Labute approximate surface area is 134 Å². The highest BCUT2D eigenvalue weighted by Crippen LogP contribution is 2.29. The number of esters is 1. The van der Waals surface area contributed by atoms with Crippen molar-refractivity contribution in [3.8, 4) is 0 Å². The highest BCUT2D eigenvalue weighted by Gasteiger charge is 2.25. The van der Waals surface area contributed by atoms with E-state index in [4.69, 9.17) is 14.2 Å². The van der Waals surface area contributed by atoms with Crippen LogP contribution in [0.1, 0.15) is 37.5 Å². The largest absolute Gasteiger partial charge is 0.463 e. The molecule has 6 heteroatoms. The van der Waals surface area contributed by atoms with Crippen LogP contribution < -0.4 is 0 Å². The van der Waals surface area contributed by atoms with Gasteiger partial charge in [-0.05, 0) is 42.7 Å². The van der Waals surface area contributed by atoms with E-state index in [0.29, 0.717) is 30.8 Å². The average Bonchev–Trinajstić information content (AvgIpc) is 3.34. The monoisotopic (exact) mass is 326 g/mol. The number of ether oxygens (including phenoxy) is 3. The SMILES string of the molecule is CCOC(=O)C=Cc1cc(F)c(F)cc1[C@@H](CC)OC[C@H]1CO1. The highest BCUT2D eigenvalue weighted by atomic mass is 19.2. The Morgan fingerprint density at radius 1 is 1.39 bits per heavy atom. The summed E-state index contributed by atoms with van der Waals surface area (Å²) in [5.74, 6) is -2.46. The first kappa shape index (κ1) is 17.6. The molecule has 1 aliphatic rings. The van der Waals surface area contributed by atoms with E-state index >= 15 is 0 Å². The maximum Gasteiger partial charge on any atom is 0.330 e. The minimum atomic E-state index is -0.974. The quantitative estimate of drug-likeness (QED) is 0.417. The van der Waals surface area contributed by atoms with Crippen LogP contribution in [0, 0.1) is 11.6 Å². The number of halogens is 2. The molecule has 1 aromatic carbocycles. The summed E-state index contributed by atoms with van der Waals surface area (Å²) in [6.45, 7) is 4.88. The van der Waals surface area contributed by atoms with Gasteiger partial charge >= 0.3 is 5.97 Å². The van der Waals surface area contributed by atoms with Crippen molar-refractivity contribution in [2.75, 3.05) is 19.8 Å². The van der Waals surface area contributed by atoms with Gasteiger partial charge < -0.3 is 14.2 Å². The van der Waals surface area contributed by atoms with Gasteiger partial charge in [-0.2, -0.15) is 0 Å². The average molecular weight is 326 g/mol. The van der Waals surface area contributed by atoms with Crippen molar-refractivity contribution >= 4 is 12.0 Å². The molecule has 126 valence electrons. The predicted octanol–water partition coefficient (Wildman–Crippen LogP) is 3.41. The van der Waals surface area contributed by atoms with Crippen LogP contribution in [0.25, 0.3) is 6.08 Å². The third kappa shape index (κ3) is 5.11. The summed E-state index contributed by atoms with van der Waals surface area (Å²) in [6, 6.07) is 2.17. The summed E-state index contributed by atoms with van der Waals surface area (Å²) in [4.78, 5) is 11.4. The molecule has 1 aromatic rings. The van der Waals surface area contributed by atoms with E-state index < -0.39 is 23.7 Å². The first-order valence-electron chi connectivity index (χ1n) is 7.62. The lowest BCUT2D eigenvalue weighted by Crippen LogP contribution is -2.10. The van der Waals surface area contributed by atoms with Gasteiger partial charge in [0.15, 0.2) is 11.6 Å². The molecule has 1 saturated heterocycles. The molecule has 0 bridgehead atoms. The molecule has 0 radical (unpaired) electrons. The zero-order valence-electron chi connectivity index (χ0n) is 13.2. The Morgan fingerprint density at radius 2 is 2.09 bits per heavy atom. The van der Waals surface area contributed by atoms with Gasteiger partial charge in [-0.1, -0.05) is 6.92 Å². The van der Waals surface area contributed by atoms with Crippen molar-refractivity contribution in [1.82, 2.24) is 0 Å². The van der Waals surface area contributed by atoms with Gasteiger partial charge in [0.2, 0.25) is 0 Å². The van der Waals surface area contributed by atoms with Crippen LogP contribution in [0.2, 0.25) is 0 Å². The van der Waals surface area contributed by atoms with E-state index in [0.717, 1.165) is 12.1 Å². The minimum Gasteiger partial charge on any atom is -0.463 e. The Hall–Kier alpha value is -1.79. The van der Waals surface area contributed by atoms with Crippen LogP contribution in [0.5, 0.6) is 0 Å². The second-order valence-corrected chi connectivity index (χ2v) is 5.17. The summed E-state index contributed by atoms with van der Waals surface area (Å²) in [6.07, 6.45) is 2.85. The van der Waals surface area contributed by atoms with Crippen molar-refractivity contribution in [3.05, 3.63) is 41.0 Å². The van der Waals surface area contributed by atoms with Gasteiger partial charge in [-0.25, -0.2) is 13.6 Å². The number of carbonyl (C=O) groups excluding carboxylic acids is 1. The van der Waals surface area contributed by atoms with Crippen LogP contribution in [-0.4, -0.2) is 31.9 Å². The molecule has 1 fully saturated rings. The summed E-state index contributed by atoms with van der Waals surface area (Å²) in [7, 11) is 0. The summed E-state index contributed by atoms with van der Waals surface area (Å²) in [5, 5.41) is 0. The molecule has 0 amide bonds. The van der Waals surface area contributed by atoms with Gasteiger partial charge in [-0.3, -0.25) is 0 Å². The molecule has 0 aromatic heterocycles. The lowest BCUT2D eigenvalue weighted by molar-refractivity contribution is -0.137. The summed E-state index contributed by atoms with van der Waals surface area (Å²) >= 11 is 0. The standard InChI is InChI=1S/C17H20F2O4/c1-3-16(23-10-12-9-22-12)13-8-15(19)14(18)7-11(13)5-6-17(20)21-4-2/h5-8,12,16H,3-4,9-10H2,1-2H3/t12-,16-/m1/s1. The van der Waals surface area contributed by atoms with E-state index in [1.54, 1.807) is 6.92 Å². The molecule has 2 rings (SSSR count).